The Morgan fingerprint density at radius 2 is 2.11 bits per heavy atom. The van der Waals surface area contributed by atoms with Crippen molar-refractivity contribution in [2.75, 3.05) is 6.61 Å². The van der Waals surface area contributed by atoms with Gasteiger partial charge in [0.15, 0.2) is 5.56 Å². The minimum Gasteiger partial charge on any atom is -0.462 e. The fourth-order valence-electron chi connectivity index (χ4n) is 1.22. The fraction of sp³-hybridized carbons (Fsp3) is 0.400. The highest BCUT2D eigenvalue weighted by atomic mass is 19.4. The van der Waals surface area contributed by atoms with Crippen LogP contribution in [0.3, 0.4) is 0 Å². The van der Waals surface area contributed by atoms with Gasteiger partial charge >= 0.3 is 12.3 Å². The number of nitrogens with two attached hydrogens (primary N) is 1. The normalized spacial score (nSPS) is 11.3. The molecule has 1 heterocycles. The fourth-order valence-corrected chi connectivity index (χ4v) is 1.22. The summed E-state index contributed by atoms with van der Waals surface area (Å²) in [7, 11) is 0. The van der Waals surface area contributed by atoms with Crippen LogP contribution >= 0.6 is 0 Å². The molecule has 0 aliphatic carbocycles. The molecule has 0 fully saturated rings. The van der Waals surface area contributed by atoms with E-state index in [0.717, 1.165) is 6.20 Å². The number of hydrogen-bond donors (Lipinski definition) is 1. The summed E-state index contributed by atoms with van der Waals surface area (Å²) in [5.41, 5.74) is 3.93. The Morgan fingerprint density at radius 3 is 2.58 bits per heavy atom. The third-order valence-corrected chi connectivity index (χ3v) is 1.96. The van der Waals surface area contributed by atoms with E-state index in [1.54, 1.807) is 0 Å². The van der Waals surface area contributed by atoms with Gasteiger partial charge in [-0.25, -0.2) is 14.2 Å². The van der Waals surface area contributed by atoms with Gasteiger partial charge in [0.2, 0.25) is 5.88 Å². The third kappa shape index (κ3) is 3.78. The first-order chi connectivity index (χ1) is 8.80. The molecule has 9 heteroatoms. The number of alkyl halides is 3. The van der Waals surface area contributed by atoms with Crippen molar-refractivity contribution in [2.45, 2.75) is 19.8 Å². The number of ether oxygens (including phenoxy) is 2. The highest BCUT2D eigenvalue weighted by Gasteiger charge is 2.35. The van der Waals surface area contributed by atoms with E-state index in [4.69, 9.17) is 5.73 Å². The first-order valence-corrected chi connectivity index (χ1v) is 5.10. The molecule has 0 aromatic carbocycles. The summed E-state index contributed by atoms with van der Waals surface area (Å²) in [5.74, 6) is -3.75. The van der Waals surface area contributed by atoms with Crippen LogP contribution < -0.4 is 10.5 Å². The molecule has 1 rings (SSSR count). The molecule has 0 unspecified atom stereocenters. The Bertz CT molecular complexity index is 477. The van der Waals surface area contributed by atoms with Crippen LogP contribution in [0.5, 0.6) is 5.88 Å². The van der Waals surface area contributed by atoms with E-state index in [-0.39, 0.29) is 18.7 Å². The summed E-state index contributed by atoms with van der Waals surface area (Å²) in [6.07, 6.45) is -4.34. The SMILES string of the molecule is CCOC(=O)c1c(OC(F)(F)F)ncc(CN)c1F. The zero-order valence-electron chi connectivity index (χ0n) is 9.75. The maximum atomic E-state index is 13.8. The van der Waals surface area contributed by atoms with Crippen LogP contribution in [0.25, 0.3) is 0 Å². The van der Waals surface area contributed by atoms with Gasteiger partial charge in [0.1, 0.15) is 5.82 Å². The van der Waals surface area contributed by atoms with Crippen molar-refractivity contribution in [1.29, 1.82) is 0 Å². The van der Waals surface area contributed by atoms with Crippen LogP contribution in [0.2, 0.25) is 0 Å². The molecule has 19 heavy (non-hydrogen) atoms. The molecule has 0 spiro atoms. The minimum atomic E-state index is -5.11. The Labute approximate surface area is 105 Å². The number of aromatic nitrogens is 1. The molecule has 0 bridgehead atoms. The highest BCUT2D eigenvalue weighted by molar-refractivity contribution is 5.92. The van der Waals surface area contributed by atoms with Gasteiger partial charge in [-0.2, -0.15) is 0 Å². The first-order valence-electron chi connectivity index (χ1n) is 5.10. The van der Waals surface area contributed by atoms with Gasteiger partial charge in [0.25, 0.3) is 0 Å². The van der Waals surface area contributed by atoms with Gasteiger partial charge in [0, 0.05) is 18.3 Å². The summed E-state index contributed by atoms with van der Waals surface area (Å²) in [6, 6.07) is 0. The number of pyridine rings is 1. The van der Waals surface area contributed by atoms with Crippen molar-refractivity contribution in [2.24, 2.45) is 5.73 Å². The Morgan fingerprint density at radius 1 is 1.47 bits per heavy atom. The zero-order valence-corrected chi connectivity index (χ0v) is 9.75. The molecular formula is C10H10F4N2O3. The van der Waals surface area contributed by atoms with Crippen LogP contribution in [0.1, 0.15) is 22.8 Å². The molecule has 1 aromatic rings. The predicted octanol–water partition coefficient (Wildman–Crippen LogP) is 1.75. The van der Waals surface area contributed by atoms with E-state index in [1.807, 2.05) is 0 Å². The van der Waals surface area contributed by atoms with Gasteiger partial charge in [-0.1, -0.05) is 0 Å². The van der Waals surface area contributed by atoms with E-state index in [0.29, 0.717) is 0 Å². The average Bonchev–Trinajstić information content (AvgIpc) is 2.27. The van der Waals surface area contributed by atoms with Gasteiger partial charge < -0.3 is 15.2 Å². The quantitative estimate of drug-likeness (QED) is 0.672. The summed E-state index contributed by atoms with van der Waals surface area (Å²) in [6.45, 7) is 0.939. The number of carbonyl (C=O) groups excluding carboxylic acids is 1. The van der Waals surface area contributed by atoms with E-state index in [1.165, 1.54) is 6.92 Å². The molecular weight excluding hydrogens is 272 g/mol. The van der Waals surface area contributed by atoms with Crippen molar-refractivity contribution in [3.8, 4) is 5.88 Å². The molecule has 106 valence electrons. The lowest BCUT2D eigenvalue weighted by Crippen LogP contribution is -2.22. The number of esters is 1. The topological polar surface area (TPSA) is 74.4 Å². The van der Waals surface area contributed by atoms with Gasteiger partial charge in [-0.3, -0.25) is 0 Å². The molecule has 0 saturated heterocycles. The third-order valence-electron chi connectivity index (χ3n) is 1.96. The van der Waals surface area contributed by atoms with Crippen molar-refractivity contribution in [3.63, 3.8) is 0 Å². The van der Waals surface area contributed by atoms with Gasteiger partial charge in [-0.15, -0.1) is 13.2 Å². The number of carbonyl (C=O) groups is 1. The van der Waals surface area contributed by atoms with Crippen LogP contribution in [-0.2, 0) is 11.3 Å². The average molecular weight is 282 g/mol. The van der Waals surface area contributed by atoms with Crippen LogP contribution in [0, 0.1) is 5.82 Å². The lowest BCUT2D eigenvalue weighted by molar-refractivity contribution is -0.276. The van der Waals surface area contributed by atoms with Crippen molar-refractivity contribution in [1.82, 2.24) is 4.98 Å². The molecule has 0 radical (unpaired) electrons. The van der Waals surface area contributed by atoms with Crippen molar-refractivity contribution >= 4 is 5.97 Å². The molecule has 0 atom stereocenters. The number of hydrogen-bond acceptors (Lipinski definition) is 5. The maximum absolute atomic E-state index is 13.8. The molecule has 0 aliphatic rings. The van der Waals surface area contributed by atoms with E-state index in [2.05, 4.69) is 14.5 Å². The second-order valence-electron chi connectivity index (χ2n) is 3.25. The lowest BCUT2D eigenvalue weighted by atomic mass is 10.1. The van der Waals surface area contributed by atoms with Crippen LogP contribution in [0.4, 0.5) is 17.6 Å². The highest BCUT2D eigenvalue weighted by Crippen LogP contribution is 2.28. The monoisotopic (exact) mass is 282 g/mol. The Balaban J connectivity index is 3.30. The Kier molecular flexibility index (Phi) is 4.65. The second kappa shape index (κ2) is 5.83. The number of nitrogens with zero attached hydrogens (tertiary/aromatic N) is 1. The summed E-state index contributed by atoms with van der Waals surface area (Å²) < 4.78 is 58.1. The van der Waals surface area contributed by atoms with E-state index < -0.39 is 29.6 Å². The molecule has 1 aromatic heterocycles. The number of rotatable bonds is 4. The maximum Gasteiger partial charge on any atom is 0.574 e. The molecule has 0 aliphatic heterocycles. The largest absolute Gasteiger partial charge is 0.574 e. The molecule has 0 saturated carbocycles. The lowest BCUT2D eigenvalue weighted by Gasteiger charge is -2.13. The first kappa shape index (κ1) is 15.2. The zero-order chi connectivity index (χ0) is 14.6. The smallest absolute Gasteiger partial charge is 0.462 e. The standard InChI is InChI=1S/C10H10F4N2O3/c1-2-18-9(17)6-7(11)5(3-15)4-16-8(6)19-10(12,13)14/h4H,2-3,15H2,1H3. The summed E-state index contributed by atoms with van der Waals surface area (Å²) in [4.78, 5) is 14.7. The predicted molar refractivity (Wildman–Crippen MR) is 54.7 cm³/mol. The minimum absolute atomic E-state index is 0.142. The van der Waals surface area contributed by atoms with E-state index >= 15 is 0 Å². The summed E-state index contributed by atoms with van der Waals surface area (Å²) >= 11 is 0. The Hall–Kier alpha value is -1.90. The molecule has 2 N–H and O–H groups in total. The van der Waals surface area contributed by atoms with E-state index in [9.17, 15) is 22.4 Å². The van der Waals surface area contributed by atoms with Crippen molar-refractivity contribution in [3.05, 3.63) is 23.1 Å². The van der Waals surface area contributed by atoms with Crippen LogP contribution in [-0.4, -0.2) is 23.9 Å². The van der Waals surface area contributed by atoms with Crippen LogP contribution in [0.15, 0.2) is 6.20 Å². The molecule has 5 nitrogen and oxygen atoms in total. The molecule has 0 amide bonds. The number of halogens is 4. The second-order valence-corrected chi connectivity index (χ2v) is 3.25. The van der Waals surface area contributed by atoms with Gasteiger partial charge in [0.05, 0.1) is 6.61 Å². The van der Waals surface area contributed by atoms with Gasteiger partial charge in [-0.05, 0) is 6.92 Å². The van der Waals surface area contributed by atoms with Crippen molar-refractivity contribution < 1.29 is 31.8 Å². The summed E-state index contributed by atoms with van der Waals surface area (Å²) in [5, 5.41) is 0.